The minimum Gasteiger partial charge on any atom is -0.476 e. The number of pyridine rings is 1. The highest BCUT2D eigenvalue weighted by atomic mass is 16.5. The van der Waals surface area contributed by atoms with E-state index in [1.54, 1.807) is 0 Å². The highest BCUT2D eigenvalue weighted by Gasteiger charge is 2.15. The van der Waals surface area contributed by atoms with E-state index in [0.29, 0.717) is 18.2 Å². The molecule has 0 aliphatic rings. The van der Waals surface area contributed by atoms with Gasteiger partial charge in [0.2, 0.25) is 5.88 Å². The number of rotatable bonds is 4. The molecule has 0 aromatic carbocycles. The lowest BCUT2D eigenvalue weighted by molar-refractivity contribution is 0.328. The third-order valence-electron chi connectivity index (χ3n) is 2.26. The zero-order valence-corrected chi connectivity index (χ0v) is 11.4. The first-order chi connectivity index (χ1) is 7.83. The van der Waals surface area contributed by atoms with Crippen molar-refractivity contribution in [2.45, 2.75) is 27.7 Å². The maximum atomic E-state index is 5.80. The van der Waals surface area contributed by atoms with E-state index in [-0.39, 0.29) is 5.41 Å². The highest BCUT2D eigenvalue weighted by Crippen LogP contribution is 2.24. The lowest BCUT2D eigenvalue weighted by Crippen LogP contribution is -2.29. The maximum Gasteiger partial charge on any atom is 0.239 e. The van der Waals surface area contributed by atoms with Crippen LogP contribution >= 0.6 is 0 Å². The summed E-state index contributed by atoms with van der Waals surface area (Å²) in [4.78, 5) is 6.54. The van der Waals surface area contributed by atoms with Crippen molar-refractivity contribution >= 4 is 11.5 Å². The van der Waals surface area contributed by atoms with Gasteiger partial charge in [-0.05, 0) is 24.5 Å². The molecule has 17 heavy (non-hydrogen) atoms. The van der Waals surface area contributed by atoms with Gasteiger partial charge in [-0.15, -0.1) is 0 Å². The van der Waals surface area contributed by atoms with Gasteiger partial charge in [0.25, 0.3) is 0 Å². The minimum atomic E-state index is 0.226. The first kappa shape index (κ1) is 13.6. The Morgan fingerprint density at radius 3 is 2.53 bits per heavy atom. The molecule has 0 atom stereocenters. The second-order valence-corrected chi connectivity index (χ2v) is 5.41. The number of nitrogens with two attached hydrogens (primary N) is 1. The van der Waals surface area contributed by atoms with Crippen LogP contribution in [0.3, 0.4) is 0 Å². The number of nitrogens with zero attached hydrogens (tertiary/aromatic N) is 2. The number of ether oxygens (including phenoxy) is 1. The average Bonchev–Trinajstić information content (AvgIpc) is 2.19. The van der Waals surface area contributed by atoms with Crippen molar-refractivity contribution in [1.82, 2.24) is 4.98 Å². The SMILES string of the molecule is CCOc1nc(N(C)CC(C)(C)C)ccc1N. The van der Waals surface area contributed by atoms with Gasteiger partial charge in [0.05, 0.1) is 12.3 Å². The van der Waals surface area contributed by atoms with Crippen LogP contribution in [0, 0.1) is 5.41 Å². The quantitative estimate of drug-likeness (QED) is 0.874. The third kappa shape index (κ3) is 4.13. The van der Waals surface area contributed by atoms with Gasteiger partial charge in [0, 0.05) is 13.6 Å². The first-order valence-corrected chi connectivity index (χ1v) is 5.94. The van der Waals surface area contributed by atoms with E-state index < -0.39 is 0 Å². The molecule has 4 nitrogen and oxygen atoms in total. The monoisotopic (exact) mass is 237 g/mol. The Hall–Kier alpha value is -1.45. The van der Waals surface area contributed by atoms with Crippen molar-refractivity contribution in [3.63, 3.8) is 0 Å². The van der Waals surface area contributed by atoms with E-state index in [4.69, 9.17) is 10.5 Å². The highest BCUT2D eigenvalue weighted by molar-refractivity contribution is 5.54. The molecular formula is C13H23N3O. The molecule has 2 N–H and O–H groups in total. The van der Waals surface area contributed by atoms with Gasteiger partial charge in [-0.3, -0.25) is 0 Å². The van der Waals surface area contributed by atoms with E-state index >= 15 is 0 Å². The van der Waals surface area contributed by atoms with E-state index in [1.807, 2.05) is 26.1 Å². The van der Waals surface area contributed by atoms with Crippen molar-refractivity contribution in [2.75, 3.05) is 30.8 Å². The van der Waals surface area contributed by atoms with Gasteiger partial charge >= 0.3 is 0 Å². The minimum absolute atomic E-state index is 0.226. The van der Waals surface area contributed by atoms with E-state index in [2.05, 4.69) is 30.7 Å². The topological polar surface area (TPSA) is 51.4 Å². The molecule has 0 saturated heterocycles. The number of nitrogen functional groups attached to an aromatic ring is 1. The summed E-state index contributed by atoms with van der Waals surface area (Å²) in [6.07, 6.45) is 0. The molecule has 0 spiro atoms. The zero-order valence-electron chi connectivity index (χ0n) is 11.4. The van der Waals surface area contributed by atoms with Gasteiger partial charge in [-0.2, -0.15) is 4.98 Å². The Bertz CT molecular complexity index is 371. The van der Waals surface area contributed by atoms with Crippen molar-refractivity contribution < 1.29 is 4.74 Å². The van der Waals surface area contributed by atoms with E-state index in [1.165, 1.54) is 0 Å². The Labute approximate surface area is 104 Å². The Morgan fingerprint density at radius 2 is 2.00 bits per heavy atom. The summed E-state index contributed by atoms with van der Waals surface area (Å²) in [6.45, 7) is 10.0. The van der Waals surface area contributed by atoms with Crippen LogP contribution in [0.2, 0.25) is 0 Å². The second-order valence-electron chi connectivity index (χ2n) is 5.41. The standard InChI is InChI=1S/C13H23N3O/c1-6-17-12-10(14)7-8-11(15-12)16(5)9-13(2,3)4/h7-8H,6,9,14H2,1-5H3. The molecular weight excluding hydrogens is 214 g/mol. The molecule has 4 heteroatoms. The maximum absolute atomic E-state index is 5.80. The van der Waals surface area contributed by atoms with Crippen LogP contribution in [0.15, 0.2) is 12.1 Å². The number of hydrogen-bond donors (Lipinski definition) is 1. The van der Waals surface area contributed by atoms with Gasteiger partial charge in [0.15, 0.2) is 0 Å². The Kier molecular flexibility index (Phi) is 4.21. The Balaban J connectivity index is 2.87. The van der Waals surface area contributed by atoms with Crippen molar-refractivity contribution in [3.05, 3.63) is 12.1 Å². The van der Waals surface area contributed by atoms with Crippen LogP contribution in [0.5, 0.6) is 5.88 Å². The van der Waals surface area contributed by atoms with Crippen molar-refractivity contribution in [2.24, 2.45) is 5.41 Å². The van der Waals surface area contributed by atoms with Crippen LogP contribution in [0.1, 0.15) is 27.7 Å². The van der Waals surface area contributed by atoms with E-state index in [9.17, 15) is 0 Å². The molecule has 1 heterocycles. The molecule has 1 aromatic heterocycles. The second kappa shape index (κ2) is 5.25. The summed E-state index contributed by atoms with van der Waals surface area (Å²) in [6, 6.07) is 3.76. The zero-order chi connectivity index (χ0) is 13.1. The van der Waals surface area contributed by atoms with Crippen LogP contribution in [0.4, 0.5) is 11.5 Å². The molecule has 0 fully saturated rings. The van der Waals surface area contributed by atoms with Crippen LogP contribution < -0.4 is 15.4 Å². The fraction of sp³-hybridized carbons (Fsp3) is 0.615. The molecule has 1 rings (SSSR count). The summed E-state index contributed by atoms with van der Waals surface area (Å²) >= 11 is 0. The van der Waals surface area contributed by atoms with Crippen LogP contribution in [-0.2, 0) is 0 Å². The summed E-state index contributed by atoms with van der Waals surface area (Å²) in [7, 11) is 2.03. The fourth-order valence-corrected chi connectivity index (χ4v) is 1.70. The van der Waals surface area contributed by atoms with Gasteiger partial charge < -0.3 is 15.4 Å². The lowest BCUT2D eigenvalue weighted by atomic mass is 9.96. The smallest absolute Gasteiger partial charge is 0.239 e. The lowest BCUT2D eigenvalue weighted by Gasteiger charge is -2.27. The molecule has 0 amide bonds. The summed E-state index contributed by atoms with van der Waals surface area (Å²) < 4.78 is 5.39. The summed E-state index contributed by atoms with van der Waals surface area (Å²) in [5.74, 6) is 1.41. The van der Waals surface area contributed by atoms with Gasteiger partial charge in [0.1, 0.15) is 5.82 Å². The largest absolute Gasteiger partial charge is 0.476 e. The Morgan fingerprint density at radius 1 is 1.35 bits per heavy atom. The van der Waals surface area contributed by atoms with Gasteiger partial charge in [-0.1, -0.05) is 20.8 Å². The van der Waals surface area contributed by atoms with Gasteiger partial charge in [-0.25, -0.2) is 0 Å². The molecule has 96 valence electrons. The molecule has 0 bridgehead atoms. The molecule has 0 aliphatic carbocycles. The number of hydrogen-bond acceptors (Lipinski definition) is 4. The molecule has 0 saturated carbocycles. The van der Waals surface area contributed by atoms with Crippen LogP contribution in [-0.4, -0.2) is 25.2 Å². The number of aromatic nitrogens is 1. The summed E-state index contributed by atoms with van der Waals surface area (Å²) in [5, 5.41) is 0. The van der Waals surface area contributed by atoms with Crippen LogP contribution in [0.25, 0.3) is 0 Å². The molecule has 1 aromatic rings. The number of anilines is 2. The molecule has 0 aliphatic heterocycles. The third-order valence-corrected chi connectivity index (χ3v) is 2.26. The predicted molar refractivity (Wildman–Crippen MR) is 72.5 cm³/mol. The van der Waals surface area contributed by atoms with E-state index in [0.717, 1.165) is 12.4 Å². The molecule has 0 radical (unpaired) electrons. The normalized spacial score (nSPS) is 11.4. The average molecular weight is 237 g/mol. The fourth-order valence-electron chi connectivity index (χ4n) is 1.70. The van der Waals surface area contributed by atoms with Crippen molar-refractivity contribution in [1.29, 1.82) is 0 Å². The summed E-state index contributed by atoms with van der Waals surface area (Å²) in [5.41, 5.74) is 6.61. The first-order valence-electron chi connectivity index (χ1n) is 5.94. The van der Waals surface area contributed by atoms with Crippen molar-refractivity contribution in [3.8, 4) is 5.88 Å². The predicted octanol–water partition coefficient (Wildman–Crippen LogP) is 2.54. The molecule has 0 unspecified atom stereocenters.